The topological polar surface area (TPSA) is 153 Å². The predicted octanol–water partition coefficient (Wildman–Crippen LogP) is 5.21. The van der Waals surface area contributed by atoms with E-state index in [-0.39, 0.29) is 35.5 Å². The summed E-state index contributed by atoms with van der Waals surface area (Å²) in [6, 6.07) is 10.1. The van der Waals surface area contributed by atoms with Gasteiger partial charge in [-0.1, -0.05) is 24.3 Å². The zero-order valence-corrected chi connectivity index (χ0v) is 21.6. The van der Waals surface area contributed by atoms with E-state index >= 15 is 0 Å². The third-order valence-electron chi connectivity index (χ3n) is 5.06. The van der Waals surface area contributed by atoms with E-state index in [4.69, 9.17) is 32.2 Å². The number of hydrogen-bond acceptors (Lipinski definition) is 10. The molecule has 0 bridgehead atoms. The zero-order valence-electron chi connectivity index (χ0n) is 18.3. The molecule has 4 heterocycles. The summed E-state index contributed by atoms with van der Waals surface area (Å²) in [5, 5.41) is 5.53. The van der Waals surface area contributed by atoms with E-state index in [1.807, 2.05) is 0 Å². The lowest BCUT2D eigenvalue weighted by Gasteiger charge is -2.21. The van der Waals surface area contributed by atoms with Gasteiger partial charge in [-0.2, -0.15) is 0 Å². The Morgan fingerprint density at radius 3 is 1.39 bits per heavy atom. The Labute approximate surface area is 215 Å². The smallest absolute Gasteiger partial charge is 0.373 e. The van der Waals surface area contributed by atoms with Crippen LogP contribution in [0.4, 0.5) is 11.9 Å². The first kappa shape index (κ1) is 24.6. The van der Waals surface area contributed by atoms with Crippen LogP contribution in [0.25, 0.3) is 0 Å². The number of halogens is 2. The van der Waals surface area contributed by atoms with Crippen LogP contribution in [-0.4, -0.2) is 43.5 Å². The summed E-state index contributed by atoms with van der Waals surface area (Å²) < 4.78 is 38.6. The predicted molar refractivity (Wildman–Crippen MR) is 137 cm³/mol. The maximum Gasteiger partial charge on any atom is 0.373 e. The lowest BCUT2D eigenvalue weighted by molar-refractivity contribution is 0.487. The number of aliphatic imine (C=N–C) groups is 2. The van der Waals surface area contributed by atoms with Crippen molar-refractivity contribution in [2.24, 2.45) is 9.98 Å². The van der Waals surface area contributed by atoms with Crippen LogP contribution in [0.2, 0.25) is 0 Å². The average molecular weight is 567 g/mol. The van der Waals surface area contributed by atoms with Gasteiger partial charge in [-0.05, 0) is 23.3 Å². The van der Waals surface area contributed by atoms with E-state index in [0.29, 0.717) is 11.1 Å². The van der Waals surface area contributed by atoms with Gasteiger partial charge in [-0.25, -0.2) is 29.9 Å². The Bertz CT molecular complexity index is 1290. The maximum atomic E-state index is 13.7. The van der Waals surface area contributed by atoms with Gasteiger partial charge in [0.15, 0.2) is 11.6 Å². The molecule has 12 nitrogen and oxygen atoms in total. The van der Waals surface area contributed by atoms with Gasteiger partial charge in [0.1, 0.15) is 0 Å². The number of alkyl halides is 2. The lowest BCUT2D eigenvalue weighted by Crippen LogP contribution is -2.08. The molecule has 0 aliphatic carbocycles. The minimum Gasteiger partial charge on any atom is -0.412 e. The van der Waals surface area contributed by atoms with Crippen LogP contribution in [0.5, 0.6) is 0 Å². The molecule has 36 heavy (non-hydrogen) atoms. The molecule has 2 aliphatic rings. The molecule has 1 aromatic carbocycles. The van der Waals surface area contributed by atoms with Crippen molar-refractivity contribution in [2.45, 2.75) is 11.6 Å². The first-order valence-electron chi connectivity index (χ1n) is 10.5. The molecule has 16 heteroatoms. The number of benzene rings is 1. The number of hydrogen-bond donors (Lipinski definition) is 2. The van der Waals surface area contributed by atoms with Gasteiger partial charge in [-0.3, -0.25) is 19.3 Å². The first-order valence-corrected chi connectivity index (χ1v) is 14.9. The molecule has 2 aliphatic heterocycles. The number of anilines is 2. The van der Waals surface area contributed by atoms with Crippen LogP contribution < -0.4 is 10.2 Å². The average Bonchev–Trinajstić information content (AvgIpc) is 3.41. The van der Waals surface area contributed by atoms with Crippen LogP contribution in [0.3, 0.4) is 0 Å². The third kappa shape index (κ3) is 4.95. The SMILES string of the molecule is O=[P@]1(Nc2ncccn2)OC(CCl)=N[C@@H]1c1ccc([C@H]2N=C(CCl)O[P@@]2(=O)Nc2ncccn2)cc1. The zero-order chi connectivity index (χ0) is 25.2. The van der Waals surface area contributed by atoms with E-state index in [9.17, 15) is 9.13 Å². The highest BCUT2D eigenvalue weighted by Gasteiger charge is 2.46. The van der Waals surface area contributed by atoms with Crippen LogP contribution in [0.1, 0.15) is 22.7 Å². The van der Waals surface area contributed by atoms with E-state index in [1.165, 1.54) is 24.8 Å². The molecule has 5 rings (SSSR count). The summed E-state index contributed by atoms with van der Waals surface area (Å²) in [5.41, 5.74) is 1.14. The van der Waals surface area contributed by atoms with E-state index < -0.39 is 26.6 Å². The van der Waals surface area contributed by atoms with Crippen molar-refractivity contribution >= 4 is 61.9 Å². The highest BCUT2D eigenvalue weighted by molar-refractivity contribution is 7.62. The molecule has 0 radical (unpaired) electrons. The number of nitrogens with one attached hydrogen (secondary N) is 2. The van der Waals surface area contributed by atoms with Crippen LogP contribution in [-0.2, 0) is 18.2 Å². The Kier molecular flexibility index (Phi) is 6.94. The Balaban J connectivity index is 1.43. The molecule has 2 aromatic heterocycles. The fraction of sp³-hybridized carbons (Fsp3) is 0.200. The van der Waals surface area contributed by atoms with Crippen molar-refractivity contribution < 1.29 is 18.2 Å². The number of aromatic nitrogens is 4. The van der Waals surface area contributed by atoms with Gasteiger partial charge < -0.3 is 9.05 Å². The summed E-state index contributed by atoms with van der Waals surface area (Å²) in [4.78, 5) is 25.0. The van der Waals surface area contributed by atoms with Crippen LogP contribution >= 0.6 is 38.2 Å². The van der Waals surface area contributed by atoms with Crippen molar-refractivity contribution in [2.75, 3.05) is 21.9 Å². The second-order valence-corrected chi connectivity index (χ2v) is 12.2. The molecule has 4 atom stereocenters. The summed E-state index contributed by atoms with van der Waals surface area (Å²) in [5.74, 6) is -1.36. The molecule has 3 aromatic rings. The van der Waals surface area contributed by atoms with E-state index in [0.717, 1.165) is 0 Å². The first-order chi connectivity index (χ1) is 17.4. The Morgan fingerprint density at radius 1 is 0.694 bits per heavy atom. The van der Waals surface area contributed by atoms with Gasteiger partial charge in [0.25, 0.3) is 0 Å². The largest absolute Gasteiger partial charge is 0.412 e. The monoisotopic (exact) mass is 566 g/mol. The lowest BCUT2D eigenvalue weighted by atomic mass is 10.1. The molecule has 186 valence electrons. The van der Waals surface area contributed by atoms with Crippen molar-refractivity contribution in [1.82, 2.24) is 19.9 Å². The van der Waals surface area contributed by atoms with Gasteiger partial charge in [0.05, 0.1) is 11.8 Å². The highest BCUT2D eigenvalue weighted by atomic mass is 35.5. The summed E-state index contributed by atoms with van der Waals surface area (Å²) in [6.07, 6.45) is 6.04. The Morgan fingerprint density at radius 2 is 1.06 bits per heavy atom. The highest BCUT2D eigenvalue weighted by Crippen LogP contribution is 2.65. The van der Waals surface area contributed by atoms with Gasteiger partial charge in [0, 0.05) is 24.8 Å². The molecule has 0 saturated carbocycles. The van der Waals surface area contributed by atoms with E-state index in [1.54, 1.807) is 36.4 Å². The third-order valence-corrected chi connectivity index (χ3v) is 9.62. The summed E-state index contributed by atoms with van der Waals surface area (Å²) >= 11 is 11.8. The minimum atomic E-state index is -3.64. The molecular formula is C20H18Cl2N8O4P2. The normalized spacial score (nSPS) is 26.9. The fourth-order valence-corrected chi connectivity index (χ4v) is 7.81. The minimum absolute atomic E-state index is 0.0539. The fourth-order valence-electron chi connectivity index (χ4n) is 3.54. The summed E-state index contributed by atoms with van der Waals surface area (Å²) in [7, 11) is -7.28. The maximum absolute atomic E-state index is 13.7. The second-order valence-electron chi connectivity index (χ2n) is 7.47. The Hall–Kier alpha value is -3.04. The van der Waals surface area contributed by atoms with E-state index in [2.05, 4.69) is 40.1 Å². The van der Waals surface area contributed by atoms with Gasteiger partial charge >= 0.3 is 15.0 Å². The quantitative estimate of drug-likeness (QED) is 0.274. The molecule has 0 amide bonds. The molecule has 0 saturated heterocycles. The number of rotatable bonds is 8. The summed E-state index contributed by atoms with van der Waals surface area (Å²) in [6.45, 7) is 0. The van der Waals surface area contributed by atoms with Gasteiger partial charge in [-0.15, -0.1) is 23.2 Å². The van der Waals surface area contributed by atoms with Crippen LogP contribution in [0.15, 0.2) is 71.2 Å². The molecule has 0 fully saturated rings. The molecule has 0 spiro atoms. The number of nitrogens with zero attached hydrogens (tertiary/aromatic N) is 6. The van der Waals surface area contributed by atoms with Crippen LogP contribution in [0, 0.1) is 0 Å². The molecular weight excluding hydrogens is 549 g/mol. The van der Waals surface area contributed by atoms with Crippen molar-refractivity contribution in [1.29, 1.82) is 0 Å². The van der Waals surface area contributed by atoms with Crippen molar-refractivity contribution in [3.8, 4) is 0 Å². The van der Waals surface area contributed by atoms with Crippen molar-refractivity contribution in [3.63, 3.8) is 0 Å². The molecule has 0 unspecified atom stereocenters. The van der Waals surface area contributed by atoms with Gasteiger partial charge in [0.2, 0.25) is 23.7 Å². The second kappa shape index (κ2) is 10.1. The standard InChI is InChI=1S/C20H18Cl2N8O4P2/c21-11-15-27-17(35(31,33-15)29-19-23-7-1-8-24-19)13-3-5-14(6-4-13)18-28-16(12-22)34-36(18,32)30-20-25-9-2-10-26-20/h1-10,17-18H,11-12H2,(H,23,24,29,31)(H,25,26,30,32)/t17-,18-,35-,36+/m0/s1. The van der Waals surface area contributed by atoms with Crippen molar-refractivity contribution in [3.05, 3.63) is 72.3 Å². The molecule has 2 N–H and O–H groups in total.